The van der Waals surface area contributed by atoms with Crippen LogP contribution in [0.2, 0.25) is 0 Å². The zero-order chi connectivity index (χ0) is 84.8. The maximum Gasteiger partial charge on any atom is 0.343 e. The van der Waals surface area contributed by atoms with Gasteiger partial charge in [0, 0.05) is 246 Å². The van der Waals surface area contributed by atoms with Crippen LogP contribution in [-0.4, -0.2) is 285 Å². The molecule has 30 nitrogen and oxygen atoms in total. The number of carboxylic acids is 1. The minimum Gasteiger partial charge on any atom is -0.477 e. The number of hydrogen-bond donors (Lipinski definition) is 2. The number of aromatic amines is 1. The van der Waals surface area contributed by atoms with Crippen LogP contribution < -0.4 is 14.7 Å². The lowest BCUT2D eigenvalue weighted by molar-refractivity contribution is 0.0518. The number of piperazine rings is 3. The number of nitrogens with one attached hydrogen (secondary N) is 1. The Balaban J connectivity index is 0.000000135. The van der Waals surface area contributed by atoms with E-state index >= 15 is 0 Å². The summed E-state index contributed by atoms with van der Waals surface area (Å²) >= 11 is 5.62. The molecule has 0 unspecified atom stereocenters. The molecule has 3 aliphatic heterocycles. The monoisotopic (exact) mass is 1660 g/mol. The van der Waals surface area contributed by atoms with Gasteiger partial charge in [0.1, 0.15) is 51.1 Å². The first-order chi connectivity index (χ1) is 59.5. The number of pyridine rings is 3. The van der Waals surface area contributed by atoms with E-state index in [0.29, 0.717) is 53.4 Å². The number of carboxylic acid groups (broad SMARTS) is 1. The van der Waals surface area contributed by atoms with Crippen molar-refractivity contribution in [2.75, 3.05) is 174 Å². The summed E-state index contributed by atoms with van der Waals surface area (Å²) in [5.74, 6) is 1.24. The number of nitrogens with zero attached hydrogens (tertiary/aromatic N) is 23. The molecule has 0 saturated carbocycles. The Morgan fingerprint density at radius 2 is 0.779 bits per heavy atom. The number of hydrogen-bond acceptors (Lipinski definition) is 23. The topological polar surface area (TPSA) is 274 Å². The minimum atomic E-state index is -1.05. The van der Waals surface area contributed by atoms with Crippen LogP contribution in [0.15, 0.2) is 201 Å². The number of H-pyrrole nitrogens is 1. The number of esters is 2. The normalized spacial score (nSPS) is 14.5. The van der Waals surface area contributed by atoms with Crippen LogP contribution in [0.25, 0.3) is 83.8 Å². The zero-order valence-corrected chi connectivity index (χ0v) is 71.2. The van der Waals surface area contributed by atoms with Crippen molar-refractivity contribution in [3.05, 3.63) is 235 Å². The summed E-state index contributed by atoms with van der Waals surface area (Å²) in [6.45, 7) is 24.1. The number of halogens is 1. The van der Waals surface area contributed by atoms with Gasteiger partial charge in [-0.15, -0.1) is 11.6 Å². The van der Waals surface area contributed by atoms with E-state index in [1.807, 2.05) is 137 Å². The van der Waals surface area contributed by atoms with Crippen molar-refractivity contribution in [2.45, 2.75) is 46.6 Å². The Hall–Kier alpha value is -12.6. The Bertz CT molecular complexity index is 6050. The van der Waals surface area contributed by atoms with E-state index in [0.717, 1.165) is 181 Å². The average molecular weight is 1670 g/mol. The van der Waals surface area contributed by atoms with Crippen molar-refractivity contribution in [1.29, 1.82) is 0 Å². The smallest absolute Gasteiger partial charge is 0.343 e. The van der Waals surface area contributed by atoms with Gasteiger partial charge in [-0.1, -0.05) is 91.0 Å². The van der Waals surface area contributed by atoms with Gasteiger partial charge in [0.15, 0.2) is 16.9 Å². The summed E-state index contributed by atoms with van der Waals surface area (Å²) in [4.78, 5) is 89.9. The molecule has 3 aromatic carbocycles. The molecule has 0 amide bonds. The second kappa shape index (κ2) is 39.3. The minimum absolute atomic E-state index is 0.0724. The lowest BCUT2D eigenvalue weighted by atomic mass is 10.1. The molecule has 18 rings (SSSR count). The largest absolute Gasteiger partial charge is 0.477 e. The molecule has 2 N–H and O–H groups in total. The molecule has 632 valence electrons. The molecule has 3 aliphatic rings. The van der Waals surface area contributed by atoms with Crippen LogP contribution in [0.3, 0.4) is 0 Å². The average Bonchev–Trinajstić information content (AvgIpc) is 1.61. The van der Waals surface area contributed by atoms with Gasteiger partial charge in [-0.3, -0.25) is 14.7 Å². The lowest BCUT2D eigenvalue weighted by Crippen LogP contribution is -2.45. The summed E-state index contributed by atoms with van der Waals surface area (Å²) in [6.07, 6.45) is 16.0. The predicted molar refractivity (Wildman–Crippen MR) is 479 cm³/mol. The molecule has 0 bridgehead atoms. The van der Waals surface area contributed by atoms with E-state index in [1.54, 1.807) is 39.8 Å². The molecule has 31 heteroatoms. The first-order valence-electron chi connectivity index (χ1n) is 41.6. The molecule has 0 atom stereocenters. The van der Waals surface area contributed by atoms with E-state index in [2.05, 4.69) is 161 Å². The SMILES string of the molecule is CCOC(=O)c1cnn2c(N(C)Cc3ccccc3)cc(-c3c[nH]c4ncccc34)nc12.CCOC(=O)c1cnn2c(N(C)Cc3ccccc3)cc(-c3cn(CCN4CCN(C)CC4)c4ncccc34)nc12.CN1CCN(CCCl)CC1.CN1CCN(CCn2cc(-c3cc(N(C)Cc4ccccc4)n4ncc(C(=O)O)c4n3)c3cccnc32)CC1. The molecule has 3 fully saturated rings. The fourth-order valence-corrected chi connectivity index (χ4v) is 16.0. The number of carbonyl (C=O) groups is 3. The van der Waals surface area contributed by atoms with E-state index in [1.165, 1.54) is 44.1 Å². The molecule has 122 heavy (non-hydrogen) atoms. The maximum atomic E-state index is 12.9. The van der Waals surface area contributed by atoms with Crippen molar-refractivity contribution < 1.29 is 29.0 Å². The third kappa shape index (κ3) is 19.6. The molecule has 0 aliphatic carbocycles. The van der Waals surface area contributed by atoms with Crippen LogP contribution in [0, 0.1) is 0 Å². The molecule has 15 heterocycles. The van der Waals surface area contributed by atoms with Crippen molar-refractivity contribution in [1.82, 2.24) is 102 Å². The van der Waals surface area contributed by atoms with E-state index in [4.69, 9.17) is 46.0 Å². The van der Waals surface area contributed by atoms with Crippen LogP contribution >= 0.6 is 11.6 Å². The molecule has 3 saturated heterocycles. The van der Waals surface area contributed by atoms with Crippen molar-refractivity contribution in [2.24, 2.45) is 0 Å². The third-order valence-electron chi connectivity index (χ3n) is 22.6. The number of ether oxygens (including phenoxy) is 2. The van der Waals surface area contributed by atoms with Gasteiger partial charge in [-0.25, -0.2) is 44.3 Å². The van der Waals surface area contributed by atoms with Crippen LogP contribution in [0.5, 0.6) is 0 Å². The number of carbonyl (C=O) groups excluding carboxylic acids is 2. The van der Waals surface area contributed by atoms with Gasteiger partial charge >= 0.3 is 17.9 Å². The Labute approximate surface area is 713 Å². The van der Waals surface area contributed by atoms with E-state index in [-0.39, 0.29) is 18.8 Å². The van der Waals surface area contributed by atoms with Crippen molar-refractivity contribution in [3.8, 4) is 33.8 Å². The van der Waals surface area contributed by atoms with Crippen LogP contribution in [-0.2, 0) is 42.2 Å². The fraction of sp³-hybridized carbons (Fsp3) is 0.341. The second-order valence-electron chi connectivity index (χ2n) is 31.1. The van der Waals surface area contributed by atoms with E-state index < -0.39 is 17.9 Å². The highest BCUT2D eigenvalue weighted by molar-refractivity contribution is 6.18. The Morgan fingerprint density at radius 3 is 1.16 bits per heavy atom. The molecule has 12 aromatic heterocycles. The second-order valence-corrected chi connectivity index (χ2v) is 31.5. The van der Waals surface area contributed by atoms with Gasteiger partial charge in [0.2, 0.25) is 0 Å². The summed E-state index contributed by atoms with van der Waals surface area (Å²) in [6, 6.07) is 48.6. The van der Waals surface area contributed by atoms with E-state index in [9.17, 15) is 19.5 Å². The molecule has 0 radical (unpaired) electrons. The summed E-state index contributed by atoms with van der Waals surface area (Å²) < 4.78 is 20.0. The first-order valence-corrected chi connectivity index (χ1v) is 42.1. The maximum absolute atomic E-state index is 12.9. The number of likely N-dealkylation sites (N-methyl/N-ethyl adjacent to an activating group) is 3. The molecule has 15 aromatic rings. The van der Waals surface area contributed by atoms with Gasteiger partial charge in [0.05, 0.1) is 48.9 Å². The number of aromatic carboxylic acids is 1. The number of aromatic nitrogens is 15. The first kappa shape index (κ1) is 84.5. The highest BCUT2D eigenvalue weighted by Gasteiger charge is 2.28. The van der Waals surface area contributed by atoms with Crippen LogP contribution in [0.1, 0.15) is 61.6 Å². The number of rotatable bonds is 25. The van der Waals surface area contributed by atoms with Crippen LogP contribution in [0.4, 0.5) is 17.5 Å². The zero-order valence-electron chi connectivity index (χ0n) is 70.5. The Kier molecular flexibility index (Phi) is 27.2. The number of alkyl halides is 1. The molecule has 0 spiro atoms. The highest BCUT2D eigenvalue weighted by atomic mass is 35.5. The summed E-state index contributed by atoms with van der Waals surface area (Å²) in [5, 5.41) is 26.2. The Morgan fingerprint density at radius 1 is 0.426 bits per heavy atom. The summed E-state index contributed by atoms with van der Waals surface area (Å²) in [5.41, 5.74) is 13.0. The van der Waals surface area contributed by atoms with Gasteiger partial charge in [-0.05, 0) is 88.1 Å². The molecular formula is C91H105ClN24O6. The number of benzene rings is 3. The summed E-state index contributed by atoms with van der Waals surface area (Å²) in [7, 11) is 12.5. The van der Waals surface area contributed by atoms with Gasteiger partial charge in [-0.2, -0.15) is 28.8 Å². The van der Waals surface area contributed by atoms with Gasteiger partial charge < -0.3 is 58.1 Å². The number of fused-ring (bicyclic) bond motifs is 6. The number of anilines is 3. The third-order valence-corrected chi connectivity index (χ3v) is 22.8. The van der Waals surface area contributed by atoms with Crippen molar-refractivity contribution in [3.63, 3.8) is 0 Å². The quantitative estimate of drug-likeness (QED) is 0.0397. The van der Waals surface area contributed by atoms with Gasteiger partial charge in [0.25, 0.3) is 0 Å². The molecular weight excluding hydrogens is 1560 g/mol. The highest BCUT2D eigenvalue weighted by Crippen LogP contribution is 2.36. The standard InChI is InChI=1S/C31H36N8O2.C29H32N8O2.C24H22N6O2.C7H15ClN2/c1-4-41-31(40)25-20-33-39-28(36(3)21-23-9-6-5-7-10-23)19-27(34-30(25)39)26-22-38(29-24(26)11-8-12-32-29)18-17-37-15-13-35(2)14-16-37;1-33-11-13-35(14-12-33)15-16-36-20-24(22-9-6-10-30-27(22)36)25-17-26(34(2)19-21-7-4-3-5-8-21)37-28(32-25)23(18-31-37)29(38)39;1-3-32-24(31)19-14-27-30-21(29(2)15-16-8-5-4-6-9-16)12-20(28-23(19)30)18-13-26-22-17(18)10-7-11-25-22;1-9-4-6-10(3-2-8)7-5-9/h5-12,19-20,22H,4,13-18,21H2,1-3H3;3-10,17-18,20H,11-16,19H2,1-2H3,(H,38,39);4-14H,3,15H2,1-2H3,(H,25,26);2-7H2,1H3. The predicted octanol–water partition coefficient (Wildman–Crippen LogP) is 11.7. The lowest BCUT2D eigenvalue weighted by Gasteiger charge is -2.32. The van der Waals surface area contributed by atoms with Crippen molar-refractivity contribution >= 4 is 97.0 Å². The fourth-order valence-electron chi connectivity index (χ4n) is 15.7.